The second-order valence-electron chi connectivity index (χ2n) is 18.2. The number of quaternary nitrogens is 1. The number of esters is 2. The number of rotatable bonds is 46. The second-order valence-corrected chi connectivity index (χ2v) is 19.6. The van der Waals surface area contributed by atoms with Crippen LogP contribution in [0.4, 0.5) is 0 Å². The Hall–Kier alpha value is -1.51. The highest BCUT2D eigenvalue weighted by Crippen LogP contribution is 2.43. The number of phosphoric ester groups is 1. The molecular weight excluding hydrogens is 774 g/mol. The summed E-state index contributed by atoms with van der Waals surface area (Å²) in [6.45, 7) is 4.44. The third kappa shape index (κ3) is 46.0. The van der Waals surface area contributed by atoms with E-state index < -0.39 is 26.5 Å². The fourth-order valence-electron chi connectivity index (χ4n) is 7.00. The summed E-state index contributed by atoms with van der Waals surface area (Å²) in [7, 11) is 1.48. The lowest BCUT2D eigenvalue weighted by Crippen LogP contribution is -2.37. The Kier molecular flexibility index (Phi) is 41.7. The zero-order valence-corrected chi connectivity index (χ0v) is 40.9. The van der Waals surface area contributed by atoms with Crippen LogP contribution in [0.2, 0.25) is 0 Å². The van der Waals surface area contributed by atoms with Crippen molar-refractivity contribution in [1.82, 2.24) is 0 Å². The molecule has 0 aliphatic heterocycles. The summed E-state index contributed by atoms with van der Waals surface area (Å²) in [6, 6.07) is 0. The van der Waals surface area contributed by atoms with Crippen LogP contribution in [0.25, 0.3) is 0 Å². The van der Waals surface area contributed by atoms with Crippen molar-refractivity contribution in [3.8, 4) is 0 Å². The van der Waals surface area contributed by atoms with E-state index in [0.717, 1.165) is 44.9 Å². The molecule has 0 spiro atoms. The lowest BCUT2D eigenvalue weighted by Gasteiger charge is -2.24. The number of nitrogens with zero attached hydrogens (tertiary/aromatic N) is 1. The quantitative estimate of drug-likeness (QED) is 0.0212. The van der Waals surface area contributed by atoms with Gasteiger partial charge in [-0.15, -0.1) is 0 Å². The maximum Gasteiger partial charge on any atom is 0.472 e. The number of carbonyl (C=O) groups excluding carboxylic acids is 2. The molecule has 0 rings (SSSR count). The third-order valence-electron chi connectivity index (χ3n) is 11.0. The van der Waals surface area contributed by atoms with Gasteiger partial charge in [0.05, 0.1) is 27.7 Å². The minimum absolute atomic E-state index is 0.0316. The number of allylic oxidation sites excluding steroid dienone is 4. The van der Waals surface area contributed by atoms with E-state index in [-0.39, 0.29) is 32.0 Å². The van der Waals surface area contributed by atoms with Gasteiger partial charge in [-0.3, -0.25) is 18.6 Å². The number of phosphoric acid groups is 1. The molecule has 0 bridgehead atoms. The van der Waals surface area contributed by atoms with Gasteiger partial charge in [-0.05, 0) is 64.2 Å². The Morgan fingerprint density at radius 3 is 1.23 bits per heavy atom. The maximum absolute atomic E-state index is 12.7. The molecule has 0 aromatic rings. The predicted octanol–water partition coefficient (Wildman–Crippen LogP) is 14.7. The molecule has 0 saturated carbocycles. The zero-order valence-electron chi connectivity index (χ0n) is 40.0. The van der Waals surface area contributed by atoms with E-state index in [2.05, 4.69) is 38.2 Å². The SMILES string of the molecule is CCCCCCCC/C=C\CCCCCCCCCC(=O)OC[C@H](COP(=O)(O)OCC[N+](C)(C)C)OC(=O)CCCCCCCCC/C=C\CCCCCCCCCC. The smallest absolute Gasteiger partial charge is 0.462 e. The summed E-state index contributed by atoms with van der Waals surface area (Å²) < 4.78 is 34.4. The molecule has 9 nitrogen and oxygen atoms in total. The summed E-state index contributed by atoms with van der Waals surface area (Å²) in [5.41, 5.74) is 0. The minimum Gasteiger partial charge on any atom is -0.462 e. The predicted molar refractivity (Wildman–Crippen MR) is 252 cm³/mol. The molecule has 1 unspecified atom stereocenters. The first-order chi connectivity index (χ1) is 29.0. The maximum atomic E-state index is 12.7. The van der Waals surface area contributed by atoms with Crippen molar-refractivity contribution in [3.05, 3.63) is 24.3 Å². The second kappa shape index (κ2) is 42.8. The number of likely N-dealkylation sites (N-methyl/N-ethyl adjacent to an activating group) is 1. The molecule has 0 aliphatic carbocycles. The van der Waals surface area contributed by atoms with Crippen molar-refractivity contribution in [2.24, 2.45) is 0 Å². The van der Waals surface area contributed by atoms with Gasteiger partial charge in [0.15, 0.2) is 6.10 Å². The Balaban J connectivity index is 4.27. The topological polar surface area (TPSA) is 108 Å². The molecule has 10 heteroatoms. The summed E-state index contributed by atoms with van der Waals surface area (Å²) in [5, 5.41) is 0. The highest BCUT2D eigenvalue weighted by molar-refractivity contribution is 7.47. The van der Waals surface area contributed by atoms with Crippen LogP contribution in [0.3, 0.4) is 0 Å². The highest BCUT2D eigenvalue weighted by Gasteiger charge is 2.27. The highest BCUT2D eigenvalue weighted by atomic mass is 31.2. The molecule has 60 heavy (non-hydrogen) atoms. The molecule has 0 aromatic carbocycles. The molecule has 0 amide bonds. The van der Waals surface area contributed by atoms with E-state index in [1.54, 1.807) is 0 Å². The average molecular weight is 871 g/mol. The van der Waals surface area contributed by atoms with Gasteiger partial charge in [0.1, 0.15) is 19.8 Å². The molecule has 1 N–H and O–H groups in total. The van der Waals surface area contributed by atoms with Crippen molar-refractivity contribution in [1.29, 1.82) is 0 Å². The number of hydrogen-bond donors (Lipinski definition) is 1. The minimum atomic E-state index is -4.38. The van der Waals surface area contributed by atoms with Crippen LogP contribution in [0, 0.1) is 0 Å². The van der Waals surface area contributed by atoms with Crippen LogP contribution < -0.4 is 0 Å². The lowest BCUT2D eigenvalue weighted by atomic mass is 10.1. The molecule has 0 radical (unpaired) electrons. The zero-order chi connectivity index (χ0) is 44.3. The summed E-state index contributed by atoms with van der Waals surface area (Å²) >= 11 is 0. The number of hydrogen-bond acceptors (Lipinski definition) is 7. The van der Waals surface area contributed by atoms with Gasteiger partial charge in [-0.2, -0.15) is 0 Å². The largest absolute Gasteiger partial charge is 0.472 e. The van der Waals surface area contributed by atoms with Crippen LogP contribution in [-0.2, 0) is 32.7 Å². The van der Waals surface area contributed by atoms with Gasteiger partial charge in [0.2, 0.25) is 0 Å². The summed E-state index contributed by atoms with van der Waals surface area (Å²) in [4.78, 5) is 35.5. The van der Waals surface area contributed by atoms with Crippen LogP contribution in [0.5, 0.6) is 0 Å². The molecule has 0 fully saturated rings. The van der Waals surface area contributed by atoms with Gasteiger partial charge in [0, 0.05) is 12.8 Å². The average Bonchev–Trinajstić information content (AvgIpc) is 3.20. The van der Waals surface area contributed by atoms with Gasteiger partial charge in [-0.25, -0.2) is 4.57 Å². The van der Waals surface area contributed by atoms with Gasteiger partial charge in [0.25, 0.3) is 0 Å². The standard InChI is InChI=1S/C50H96NO8P/c1-6-8-10-12-14-16-18-20-22-24-25-27-29-31-33-35-37-39-41-43-50(53)59-48(47-58-60(54,55)57-45-44-51(3,4)5)46-56-49(52)42-40-38-36-34-32-30-28-26-23-21-19-17-15-13-11-9-7-2/h21,23-25,48H,6-20,22,26-47H2,1-5H3/p+1/b23-21-,25-24-/t48-/m1/s1. The van der Waals surface area contributed by atoms with Gasteiger partial charge in [-0.1, -0.05) is 179 Å². The Bertz CT molecular complexity index is 1070. The van der Waals surface area contributed by atoms with Crippen molar-refractivity contribution in [3.63, 3.8) is 0 Å². The van der Waals surface area contributed by atoms with Gasteiger partial charge < -0.3 is 18.9 Å². The normalized spacial score (nSPS) is 13.6. The molecule has 0 aliphatic rings. The van der Waals surface area contributed by atoms with Crippen LogP contribution >= 0.6 is 7.82 Å². The Morgan fingerprint density at radius 1 is 0.500 bits per heavy atom. The molecule has 2 atom stereocenters. The number of ether oxygens (including phenoxy) is 2. The van der Waals surface area contributed by atoms with E-state index in [0.29, 0.717) is 17.4 Å². The van der Waals surface area contributed by atoms with Crippen LogP contribution in [0.1, 0.15) is 232 Å². The molecular formula is C50H97NO8P+. The van der Waals surface area contributed by atoms with E-state index in [9.17, 15) is 19.0 Å². The number of unbranched alkanes of at least 4 members (excludes halogenated alkanes) is 28. The fraction of sp³-hybridized carbons (Fsp3) is 0.880. The molecule has 0 heterocycles. The van der Waals surface area contributed by atoms with Crippen molar-refractivity contribution in [2.45, 2.75) is 238 Å². The van der Waals surface area contributed by atoms with Crippen LogP contribution in [0.15, 0.2) is 24.3 Å². The third-order valence-corrected chi connectivity index (χ3v) is 11.9. The monoisotopic (exact) mass is 871 g/mol. The van der Waals surface area contributed by atoms with E-state index in [1.165, 1.54) is 154 Å². The van der Waals surface area contributed by atoms with Gasteiger partial charge >= 0.3 is 19.8 Å². The fourth-order valence-corrected chi connectivity index (χ4v) is 7.75. The van der Waals surface area contributed by atoms with E-state index >= 15 is 0 Å². The first-order valence-corrected chi connectivity index (χ1v) is 26.6. The summed E-state index contributed by atoms with van der Waals surface area (Å²) in [5.74, 6) is -0.800. The van der Waals surface area contributed by atoms with Crippen molar-refractivity contribution in [2.75, 3.05) is 47.5 Å². The number of carbonyl (C=O) groups is 2. The first kappa shape index (κ1) is 58.5. The molecule has 0 saturated heterocycles. The van der Waals surface area contributed by atoms with Crippen LogP contribution in [-0.4, -0.2) is 74.9 Å². The summed E-state index contributed by atoms with van der Waals surface area (Å²) in [6.07, 6.45) is 47.9. The van der Waals surface area contributed by atoms with Crippen molar-refractivity contribution >= 4 is 19.8 Å². The first-order valence-electron chi connectivity index (χ1n) is 25.1. The lowest BCUT2D eigenvalue weighted by molar-refractivity contribution is -0.870. The Morgan fingerprint density at radius 2 is 0.850 bits per heavy atom. The Labute approximate surface area is 370 Å². The van der Waals surface area contributed by atoms with E-state index in [4.69, 9.17) is 18.5 Å². The van der Waals surface area contributed by atoms with Crippen molar-refractivity contribution < 1.29 is 42.1 Å². The van der Waals surface area contributed by atoms with E-state index in [1.807, 2.05) is 21.1 Å². The molecule has 354 valence electrons. The molecule has 0 aromatic heterocycles.